The Morgan fingerprint density at radius 3 is 2.50 bits per heavy atom. The summed E-state index contributed by atoms with van der Waals surface area (Å²) in [6, 6.07) is 0.649. The van der Waals surface area contributed by atoms with Crippen LogP contribution in [0.3, 0.4) is 0 Å². The molecule has 0 radical (unpaired) electrons. The van der Waals surface area contributed by atoms with Crippen molar-refractivity contribution in [2.75, 3.05) is 32.8 Å². The smallest absolute Gasteiger partial charge is 0.409 e. The molecule has 1 N–H and O–H groups in total. The molecule has 1 atom stereocenters. The number of rotatable bonds is 3. The lowest BCUT2D eigenvalue weighted by Gasteiger charge is -2.45. The number of piperidine rings is 2. The summed E-state index contributed by atoms with van der Waals surface area (Å²) in [6.07, 6.45) is 4.21. The van der Waals surface area contributed by atoms with Crippen LogP contribution in [0.4, 0.5) is 9.59 Å². The van der Waals surface area contributed by atoms with Crippen molar-refractivity contribution < 1.29 is 19.1 Å². The molecule has 1 unspecified atom stereocenters. The Labute approximate surface area is 143 Å². The van der Waals surface area contributed by atoms with Crippen molar-refractivity contribution in [3.8, 4) is 0 Å². The van der Waals surface area contributed by atoms with Gasteiger partial charge in [0, 0.05) is 45.1 Å². The lowest BCUT2D eigenvalue weighted by atomic mass is 9.82. The van der Waals surface area contributed by atoms with Crippen LogP contribution in [0.15, 0.2) is 0 Å². The number of nitrogens with zero attached hydrogens (tertiary/aromatic N) is 2. The Morgan fingerprint density at radius 1 is 1.25 bits per heavy atom. The predicted octanol–water partition coefficient (Wildman–Crippen LogP) is 1.96. The first-order valence-corrected chi connectivity index (χ1v) is 9.23. The van der Waals surface area contributed by atoms with Crippen molar-refractivity contribution in [3.05, 3.63) is 0 Å². The third kappa shape index (κ3) is 3.31. The highest BCUT2D eigenvalue weighted by Crippen LogP contribution is 2.36. The maximum atomic E-state index is 11.8. The summed E-state index contributed by atoms with van der Waals surface area (Å²) in [5, 5.41) is 2.95. The van der Waals surface area contributed by atoms with E-state index in [0.29, 0.717) is 12.6 Å². The van der Waals surface area contributed by atoms with E-state index in [1.165, 1.54) is 0 Å². The molecule has 1 spiro atoms. The molecule has 2 amide bonds. The molecule has 0 aromatic carbocycles. The number of hydrogen-bond donors (Lipinski definition) is 1. The summed E-state index contributed by atoms with van der Waals surface area (Å²) in [7, 11) is 0. The number of likely N-dealkylation sites (tertiary alicyclic amines) is 2. The van der Waals surface area contributed by atoms with Crippen LogP contribution in [0, 0.1) is 0 Å². The van der Waals surface area contributed by atoms with Gasteiger partial charge in [-0.1, -0.05) is 6.92 Å². The standard InChI is InChI=1S/C17H29N3O4/c1-3-14-17(24-15(21)18-14)7-11-19(12-8-17)13-5-9-20(10-6-13)16(22)23-4-2/h13-14H,3-12H2,1-2H3,(H,18,21). The second kappa shape index (κ2) is 7.17. The average molecular weight is 339 g/mol. The van der Waals surface area contributed by atoms with E-state index in [-0.39, 0.29) is 23.8 Å². The Bertz CT molecular complexity index is 468. The minimum atomic E-state index is -0.312. The fourth-order valence-electron chi connectivity index (χ4n) is 4.38. The number of ether oxygens (including phenoxy) is 2. The van der Waals surface area contributed by atoms with Crippen LogP contribution in [-0.2, 0) is 9.47 Å². The van der Waals surface area contributed by atoms with Crippen molar-refractivity contribution in [1.82, 2.24) is 15.1 Å². The van der Waals surface area contributed by atoms with Gasteiger partial charge in [-0.25, -0.2) is 9.59 Å². The van der Waals surface area contributed by atoms with Gasteiger partial charge in [-0.15, -0.1) is 0 Å². The molecule has 24 heavy (non-hydrogen) atoms. The fourth-order valence-corrected chi connectivity index (χ4v) is 4.38. The highest BCUT2D eigenvalue weighted by Gasteiger charge is 2.50. The maximum absolute atomic E-state index is 11.8. The van der Waals surface area contributed by atoms with Crippen LogP contribution in [-0.4, -0.2) is 72.5 Å². The molecular formula is C17H29N3O4. The Morgan fingerprint density at radius 2 is 1.92 bits per heavy atom. The lowest BCUT2D eigenvalue weighted by molar-refractivity contribution is -0.0345. The Balaban J connectivity index is 1.49. The molecular weight excluding hydrogens is 310 g/mol. The van der Waals surface area contributed by atoms with Crippen molar-refractivity contribution in [2.24, 2.45) is 0 Å². The summed E-state index contributed by atoms with van der Waals surface area (Å²) in [5.41, 5.74) is -0.312. The van der Waals surface area contributed by atoms with E-state index in [1.54, 1.807) is 4.90 Å². The number of carbonyl (C=O) groups excluding carboxylic acids is 2. The molecule has 3 fully saturated rings. The molecule has 3 heterocycles. The molecule has 3 saturated heterocycles. The van der Waals surface area contributed by atoms with E-state index < -0.39 is 0 Å². The van der Waals surface area contributed by atoms with Crippen LogP contribution < -0.4 is 5.32 Å². The third-order valence-corrected chi connectivity index (χ3v) is 5.78. The number of amides is 2. The molecule has 136 valence electrons. The van der Waals surface area contributed by atoms with E-state index >= 15 is 0 Å². The lowest BCUT2D eigenvalue weighted by Crippen LogP contribution is -2.55. The highest BCUT2D eigenvalue weighted by molar-refractivity contribution is 5.71. The van der Waals surface area contributed by atoms with Gasteiger partial charge < -0.3 is 19.7 Å². The number of hydrogen-bond acceptors (Lipinski definition) is 5. The second-order valence-corrected chi connectivity index (χ2v) is 7.01. The van der Waals surface area contributed by atoms with Gasteiger partial charge in [-0.2, -0.15) is 0 Å². The fraction of sp³-hybridized carbons (Fsp3) is 0.882. The molecule has 0 aliphatic carbocycles. The minimum Gasteiger partial charge on any atom is -0.450 e. The van der Waals surface area contributed by atoms with Gasteiger partial charge in [0.15, 0.2) is 0 Å². The Kier molecular flexibility index (Phi) is 5.18. The summed E-state index contributed by atoms with van der Waals surface area (Å²) >= 11 is 0. The normalized spacial score (nSPS) is 27.8. The summed E-state index contributed by atoms with van der Waals surface area (Å²) in [5.74, 6) is 0. The molecule has 3 rings (SSSR count). The molecule has 7 nitrogen and oxygen atoms in total. The van der Waals surface area contributed by atoms with E-state index in [1.807, 2.05) is 6.92 Å². The van der Waals surface area contributed by atoms with Crippen LogP contribution in [0.1, 0.15) is 46.0 Å². The number of nitrogens with one attached hydrogen (secondary N) is 1. The van der Waals surface area contributed by atoms with Crippen molar-refractivity contribution in [3.63, 3.8) is 0 Å². The van der Waals surface area contributed by atoms with E-state index in [9.17, 15) is 9.59 Å². The molecule has 0 aromatic rings. The third-order valence-electron chi connectivity index (χ3n) is 5.78. The summed E-state index contributed by atoms with van der Waals surface area (Å²) in [4.78, 5) is 27.7. The van der Waals surface area contributed by atoms with Crippen molar-refractivity contribution >= 4 is 12.2 Å². The van der Waals surface area contributed by atoms with Gasteiger partial charge in [0.2, 0.25) is 0 Å². The molecule has 3 aliphatic rings. The van der Waals surface area contributed by atoms with Crippen molar-refractivity contribution in [1.29, 1.82) is 0 Å². The van der Waals surface area contributed by atoms with E-state index in [2.05, 4.69) is 17.1 Å². The maximum Gasteiger partial charge on any atom is 0.409 e. The largest absolute Gasteiger partial charge is 0.450 e. The van der Waals surface area contributed by atoms with Gasteiger partial charge in [0.1, 0.15) is 5.60 Å². The predicted molar refractivity (Wildman–Crippen MR) is 88.9 cm³/mol. The van der Waals surface area contributed by atoms with Crippen LogP contribution in [0.2, 0.25) is 0 Å². The quantitative estimate of drug-likeness (QED) is 0.851. The molecule has 0 aromatic heterocycles. The zero-order chi connectivity index (χ0) is 17.2. The zero-order valence-corrected chi connectivity index (χ0v) is 14.8. The molecule has 3 aliphatic heterocycles. The molecule has 0 bridgehead atoms. The van der Waals surface area contributed by atoms with Crippen LogP contribution in [0.5, 0.6) is 0 Å². The molecule has 0 saturated carbocycles. The Hall–Kier alpha value is -1.50. The first-order chi connectivity index (χ1) is 11.6. The van der Waals surface area contributed by atoms with E-state index in [0.717, 1.165) is 58.3 Å². The molecule has 7 heteroatoms. The number of carbonyl (C=O) groups is 2. The van der Waals surface area contributed by atoms with Gasteiger partial charge in [-0.05, 0) is 26.2 Å². The van der Waals surface area contributed by atoms with Gasteiger partial charge >= 0.3 is 12.2 Å². The van der Waals surface area contributed by atoms with E-state index in [4.69, 9.17) is 9.47 Å². The number of alkyl carbamates (subject to hydrolysis) is 1. The summed E-state index contributed by atoms with van der Waals surface area (Å²) in [6.45, 7) is 7.79. The monoisotopic (exact) mass is 339 g/mol. The van der Waals surface area contributed by atoms with Crippen LogP contribution in [0.25, 0.3) is 0 Å². The second-order valence-electron chi connectivity index (χ2n) is 7.01. The van der Waals surface area contributed by atoms with Gasteiger partial charge in [-0.3, -0.25) is 4.90 Å². The van der Waals surface area contributed by atoms with Gasteiger partial charge in [0.25, 0.3) is 0 Å². The average Bonchev–Trinajstić information content (AvgIpc) is 2.91. The highest BCUT2D eigenvalue weighted by atomic mass is 16.6. The SMILES string of the molecule is CCOC(=O)N1CCC(N2CCC3(CC2)OC(=O)NC3CC)CC1. The first kappa shape index (κ1) is 17.3. The minimum absolute atomic E-state index is 0.137. The van der Waals surface area contributed by atoms with Crippen molar-refractivity contribution in [2.45, 2.75) is 63.6 Å². The first-order valence-electron chi connectivity index (χ1n) is 9.23. The van der Waals surface area contributed by atoms with Crippen LogP contribution >= 0.6 is 0 Å². The van der Waals surface area contributed by atoms with Gasteiger partial charge in [0.05, 0.1) is 12.6 Å². The zero-order valence-electron chi connectivity index (χ0n) is 14.8. The summed E-state index contributed by atoms with van der Waals surface area (Å²) < 4.78 is 10.7. The topological polar surface area (TPSA) is 71.1 Å².